The summed E-state index contributed by atoms with van der Waals surface area (Å²) in [5, 5.41) is 12.5. The summed E-state index contributed by atoms with van der Waals surface area (Å²) in [5.41, 5.74) is 1.43. The third-order valence-corrected chi connectivity index (χ3v) is 5.63. The standard InChI is InChI=1S/C22H24N4O6/c1-14-7-9-22(10-8-14)20(29)26(21(30)24-22)25-18(27)13-32-19(28)16(12-23)11-15-3-5-17(31-2)6-4-15/h3-6,11,14H,7-10,13H2,1-2H3,(H,24,30)(H,25,27)/b16-11+. The second-order valence-electron chi connectivity index (χ2n) is 7.89. The molecule has 1 aromatic carbocycles. The molecule has 1 aliphatic carbocycles. The van der Waals surface area contributed by atoms with Crippen LogP contribution in [0.2, 0.25) is 0 Å². The van der Waals surface area contributed by atoms with E-state index in [2.05, 4.69) is 17.7 Å². The Kier molecular flexibility index (Phi) is 6.78. The Labute approximate surface area is 185 Å². The van der Waals surface area contributed by atoms with Crippen molar-refractivity contribution in [3.05, 3.63) is 35.4 Å². The molecule has 10 nitrogen and oxygen atoms in total. The molecule has 1 aliphatic heterocycles. The fourth-order valence-corrected chi connectivity index (χ4v) is 3.69. The van der Waals surface area contributed by atoms with Crippen LogP contribution in [0.15, 0.2) is 29.8 Å². The molecule has 10 heteroatoms. The zero-order chi connectivity index (χ0) is 23.3. The zero-order valence-electron chi connectivity index (χ0n) is 17.8. The van der Waals surface area contributed by atoms with Crippen molar-refractivity contribution in [2.75, 3.05) is 13.7 Å². The van der Waals surface area contributed by atoms with Crippen molar-refractivity contribution < 1.29 is 28.7 Å². The maximum absolute atomic E-state index is 12.7. The highest BCUT2D eigenvalue weighted by atomic mass is 16.5. The third kappa shape index (κ3) is 4.88. The van der Waals surface area contributed by atoms with Crippen LogP contribution in [-0.4, -0.2) is 48.1 Å². The Bertz CT molecular complexity index is 987. The van der Waals surface area contributed by atoms with Gasteiger partial charge in [0, 0.05) is 0 Å². The molecular weight excluding hydrogens is 416 g/mol. The van der Waals surface area contributed by atoms with Gasteiger partial charge in [0.2, 0.25) is 0 Å². The molecule has 1 spiro atoms. The van der Waals surface area contributed by atoms with Gasteiger partial charge in [-0.3, -0.25) is 15.0 Å². The third-order valence-electron chi connectivity index (χ3n) is 5.63. The van der Waals surface area contributed by atoms with Gasteiger partial charge in [0.05, 0.1) is 7.11 Å². The fraction of sp³-hybridized carbons (Fsp3) is 0.409. The van der Waals surface area contributed by atoms with Crippen LogP contribution in [0.3, 0.4) is 0 Å². The molecule has 0 aromatic heterocycles. The molecule has 1 heterocycles. The average molecular weight is 440 g/mol. The highest BCUT2D eigenvalue weighted by Gasteiger charge is 2.52. The van der Waals surface area contributed by atoms with Crippen molar-refractivity contribution in [2.45, 2.75) is 38.1 Å². The van der Waals surface area contributed by atoms with Crippen molar-refractivity contribution in [1.29, 1.82) is 5.26 Å². The van der Waals surface area contributed by atoms with Crippen LogP contribution in [0.4, 0.5) is 4.79 Å². The van der Waals surface area contributed by atoms with E-state index in [1.54, 1.807) is 30.3 Å². The Morgan fingerprint density at radius 1 is 1.28 bits per heavy atom. The number of esters is 1. The number of imide groups is 1. The van der Waals surface area contributed by atoms with E-state index in [1.165, 1.54) is 13.2 Å². The van der Waals surface area contributed by atoms with Gasteiger partial charge in [-0.15, -0.1) is 0 Å². The van der Waals surface area contributed by atoms with E-state index < -0.39 is 36.0 Å². The number of amides is 4. The first-order valence-corrected chi connectivity index (χ1v) is 10.2. The molecule has 2 fully saturated rings. The summed E-state index contributed by atoms with van der Waals surface area (Å²) in [6, 6.07) is 7.63. The number of rotatable bonds is 6. The van der Waals surface area contributed by atoms with Crippen LogP contribution in [0.5, 0.6) is 5.75 Å². The number of nitriles is 1. The topological polar surface area (TPSA) is 138 Å². The van der Waals surface area contributed by atoms with Crippen LogP contribution in [0, 0.1) is 17.2 Å². The Morgan fingerprint density at radius 2 is 1.94 bits per heavy atom. The number of urea groups is 1. The van der Waals surface area contributed by atoms with Gasteiger partial charge in [-0.25, -0.2) is 9.59 Å². The largest absolute Gasteiger partial charge is 0.497 e. The highest BCUT2D eigenvalue weighted by Crippen LogP contribution is 2.35. The quantitative estimate of drug-likeness (QED) is 0.297. The Balaban J connectivity index is 1.56. The molecule has 2 aliphatic rings. The maximum atomic E-state index is 12.7. The second-order valence-corrected chi connectivity index (χ2v) is 7.89. The molecule has 32 heavy (non-hydrogen) atoms. The lowest BCUT2D eigenvalue weighted by molar-refractivity contribution is -0.147. The minimum absolute atomic E-state index is 0.312. The van der Waals surface area contributed by atoms with Crippen molar-refractivity contribution in [3.8, 4) is 11.8 Å². The molecule has 1 saturated heterocycles. The van der Waals surface area contributed by atoms with Gasteiger partial charge in [0.15, 0.2) is 6.61 Å². The molecule has 0 radical (unpaired) electrons. The average Bonchev–Trinajstić information content (AvgIpc) is 3.02. The minimum atomic E-state index is -1.01. The number of hydrogen-bond acceptors (Lipinski definition) is 7. The molecule has 0 bridgehead atoms. The zero-order valence-corrected chi connectivity index (χ0v) is 17.8. The van der Waals surface area contributed by atoms with Crippen molar-refractivity contribution in [2.24, 2.45) is 5.92 Å². The predicted molar refractivity (Wildman–Crippen MR) is 111 cm³/mol. The molecular formula is C22H24N4O6. The van der Waals surface area contributed by atoms with E-state index in [0.717, 1.165) is 12.8 Å². The van der Waals surface area contributed by atoms with Crippen LogP contribution in [-0.2, 0) is 19.1 Å². The first-order chi connectivity index (χ1) is 15.3. The van der Waals surface area contributed by atoms with Crippen molar-refractivity contribution in [1.82, 2.24) is 15.8 Å². The van der Waals surface area contributed by atoms with Crippen LogP contribution < -0.4 is 15.5 Å². The molecule has 2 N–H and O–H groups in total. The summed E-state index contributed by atoms with van der Waals surface area (Å²) in [7, 11) is 1.52. The van der Waals surface area contributed by atoms with E-state index in [1.807, 2.05) is 0 Å². The van der Waals surface area contributed by atoms with E-state index in [4.69, 9.17) is 9.47 Å². The van der Waals surface area contributed by atoms with Gasteiger partial charge < -0.3 is 14.8 Å². The summed E-state index contributed by atoms with van der Waals surface area (Å²) in [4.78, 5) is 49.3. The summed E-state index contributed by atoms with van der Waals surface area (Å²) < 4.78 is 9.92. The van der Waals surface area contributed by atoms with Crippen LogP contribution in [0.25, 0.3) is 6.08 Å². The van der Waals surface area contributed by atoms with Crippen LogP contribution >= 0.6 is 0 Å². The van der Waals surface area contributed by atoms with E-state index in [9.17, 15) is 24.4 Å². The molecule has 4 amide bonds. The molecule has 3 rings (SSSR count). The molecule has 168 valence electrons. The number of carbonyl (C=O) groups is 4. The van der Waals surface area contributed by atoms with Gasteiger partial charge in [0.25, 0.3) is 11.8 Å². The number of hydrogen-bond donors (Lipinski definition) is 2. The number of hydrazine groups is 1. The lowest BCUT2D eigenvalue weighted by atomic mass is 9.77. The lowest BCUT2D eigenvalue weighted by Gasteiger charge is -2.33. The van der Waals surface area contributed by atoms with Gasteiger partial charge in [-0.05, 0) is 55.4 Å². The molecule has 0 unspecified atom stereocenters. The number of methoxy groups -OCH3 is 1. The van der Waals surface area contributed by atoms with E-state index >= 15 is 0 Å². The molecule has 1 saturated carbocycles. The first-order valence-electron chi connectivity index (χ1n) is 10.2. The smallest absolute Gasteiger partial charge is 0.349 e. The summed E-state index contributed by atoms with van der Waals surface area (Å²) >= 11 is 0. The summed E-state index contributed by atoms with van der Waals surface area (Å²) in [6.07, 6.45) is 3.90. The summed E-state index contributed by atoms with van der Waals surface area (Å²) in [5.74, 6) is -1.32. The summed E-state index contributed by atoms with van der Waals surface area (Å²) in [6.45, 7) is 1.32. The Hall–Kier alpha value is -3.87. The number of ether oxygens (including phenoxy) is 2. The van der Waals surface area contributed by atoms with Gasteiger partial charge >= 0.3 is 12.0 Å². The number of benzene rings is 1. The monoisotopic (exact) mass is 440 g/mol. The normalized spacial score (nSPS) is 22.8. The van der Waals surface area contributed by atoms with Crippen molar-refractivity contribution >= 4 is 29.9 Å². The predicted octanol–water partition coefficient (Wildman–Crippen LogP) is 1.68. The van der Waals surface area contributed by atoms with Gasteiger partial charge in [0.1, 0.15) is 22.9 Å². The van der Waals surface area contributed by atoms with Crippen LogP contribution in [0.1, 0.15) is 38.2 Å². The minimum Gasteiger partial charge on any atom is -0.497 e. The first kappa shape index (κ1) is 22.8. The van der Waals surface area contributed by atoms with Gasteiger partial charge in [-0.2, -0.15) is 10.3 Å². The van der Waals surface area contributed by atoms with Gasteiger partial charge in [-0.1, -0.05) is 19.1 Å². The second kappa shape index (κ2) is 9.51. The number of nitrogens with one attached hydrogen (secondary N) is 2. The van der Waals surface area contributed by atoms with Crippen molar-refractivity contribution in [3.63, 3.8) is 0 Å². The Morgan fingerprint density at radius 3 is 2.53 bits per heavy atom. The molecule has 1 aromatic rings. The molecule has 0 atom stereocenters. The highest BCUT2D eigenvalue weighted by molar-refractivity contribution is 6.08. The van der Waals surface area contributed by atoms with E-state index in [0.29, 0.717) is 35.1 Å². The van der Waals surface area contributed by atoms with E-state index in [-0.39, 0.29) is 5.57 Å². The SMILES string of the molecule is COc1ccc(/C=C(\C#N)C(=O)OCC(=O)NN2C(=O)NC3(CCC(C)CC3)C2=O)cc1. The number of nitrogens with zero attached hydrogens (tertiary/aromatic N) is 2. The number of carbonyl (C=O) groups excluding carboxylic acids is 4. The lowest BCUT2D eigenvalue weighted by Crippen LogP contribution is -2.52. The fourth-order valence-electron chi connectivity index (χ4n) is 3.69. The maximum Gasteiger partial charge on any atom is 0.349 e.